The zero-order chi connectivity index (χ0) is 26.9. The molecule has 0 saturated carbocycles. The molecule has 1 aromatic heterocycles. The number of aliphatic hydroxyl groups is 1. The maximum atomic E-state index is 13.2. The van der Waals surface area contributed by atoms with Crippen molar-refractivity contribution in [2.75, 3.05) is 0 Å². The van der Waals surface area contributed by atoms with E-state index < -0.39 is 30.4 Å². The summed E-state index contributed by atoms with van der Waals surface area (Å²) in [5.74, 6) is -0.814. The van der Waals surface area contributed by atoms with Gasteiger partial charge in [0.05, 0.1) is 13.1 Å². The molecule has 0 spiro atoms. The molecule has 12 heteroatoms. The molecule has 4 aromatic rings. The smallest absolute Gasteiger partial charge is 0.382 e. The van der Waals surface area contributed by atoms with E-state index in [0.717, 1.165) is 9.25 Å². The predicted molar refractivity (Wildman–Crippen MR) is 134 cm³/mol. The van der Waals surface area contributed by atoms with Crippen molar-refractivity contribution in [2.45, 2.75) is 25.4 Å². The quantitative estimate of drug-likeness (QED) is 0.346. The van der Waals surface area contributed by atoms with E-state index in [1.54, 1.807) is 36.4 Å². The van der Waals surface area contributed by atoms with Gasteiger partial charge in [-0.05, 0) is 59.7 Å². The highest BCUT2D eigenvalue weighted by atomic mass is 35.5. The van der Waals surface area contributed by atoms with Crippen LogP contribution in [0.25, 0.3) is 22.5 Å². The van der Waals surface area contributed by atoms with E-state index in [4.69, 9.17) is 28.9 Å². The van der Waals surface area contributed by atoms with E-state index in [0.29, 0.717) is 32.3 Å². The molecule has 0 bridgehead atoms. The Morgan fingerprint density at radius 2 is 1.70 bits per heavy atom. The number of hydrogen-bond acceptors (Lipinski definition) is 4. The minimum Gasteiger partial charge on any atom is -0.382 e. The van der Waals surface area contributed by atoms with Crippen LogP contribution in [0, 0.1) is 0 Å². The van der Waals surface area contributed by atoms with Crippen molar-refractivity contribution in [3.8, 4) is 22.5 Å². The van der Waals surface area contributed by atoms with Gasteiger partial charge in [-0.15, -0.1) is 5.10 Å². The number of benzene rings is 3. The van der Waals surface area contributed by atoms with Gasteiger partial charge in [0.2, 0.25) is 5.91 Å². The number of aliphatic hydroxyl groups excluding tert-OH is 1. The first-order chi connectivity index (χ1) is 17.4. The van der Waals surface area contributed by atoms with Crippen LogP contribution in [0.2, 0.25) is 10.0 Å². The summed E-state index contributed by atoms with van der Waals surface area (Å²) in [4.78, 5) is 25.2. The third-order valence-electron chi connectivity index (χ3n) is 5.55. The van der Waals surface area contributed by atoms with Crippen molar-refractivity contribution >= 4 is 29.1 Å². The monoisotopic (exact) mass is 550 g/mol. The van der Waals surface area contributed by atoms with E-state index in [1.807, 2.05) is 0 Å². The fourth-order valence-electron chi connectivity index (χ4n) is 3.75. The number of amides is 1. The van der Waals surface area contributed by atoms with Crippen LogP contribution in [0.15, 0.2) is 71.5 Å². The molecule has 192 valence electrons. The molecular weight excluding hydrogens is 532 g/mol. The lowest BCUT2D eigenvalue weighted by Gasteiger charge is -2.15. The predicted octanol–water partition coefficient (Wildman–Crippen LogP) is 4.76. The Morgan fingerprint density at radius 1 is 1.03 bits per heavy atom. The maximum Gasteiger partial charge on any atom is 0.416 e. The number of carbonyl (C=O) groups is 1. The minimum absolute atomic E-state index is 0.0950. The SMILES string of the molecule is NC(=O)c1cc(Cn2nc(-c3ccc(Cl)cc3)n(C[C@H](O)C(F)(F)F)c2=O)cc(-c2ccccc2Cl)c1. The number of hydrogen-bond donors (Lipinski definition) is 2. The van der Waals surface area contributed by atoms with Crippen molar-refractivity contribution < 1.29 is 23.1 Å². The third-order valence-corrected chi connectivity index (χ3v) is 6.13. The lowest BCUT2D eigenvalue weighted by atomic mass is 9.99. The molecule has 0 unspecified atom stereocenters. The normalized spacial score (nSPS) is 12.5. The molecule has 0 aliphatic heterocycles. The summed E-state index contributed by atoms with van der Waals surface area (Å²) < 4.78 is 41.0. The highest BCUT2D eigenvalue weighted by molar-refractivity contribution is 6.33. The molecule has 0 aliphatic carbocycles. The van der Waals surface area contributed by atoms with E-state index in [-0.39, 0.29) is 17.9 Å². The first-order valence-electron chi connectivity index (χ1n) is 10.8. The lowest BCUT2D eigenvalue weighted by Crippen LogP contribution is -2.37. The average molecular weight is 551 g/mol. The number of nitrogens with two attached hydrogens (primary N) is 1. The van der Waals surface area contributed by atoms with Crippen molar-refractivity contribution in [2.24, 2.45) is 5.73 Å². The Balaban J connectivity index is 1.81. The third kappa shape index (κ3) is 5.87. The number of nitrogens with zero attached hydrogens (tertiary/aromatic N) is 3. The molecule has 3 aromatic carbocycles. The Hall–Kier alpha value is -3.60. The first kappa shape index (κ1) is 26.5. The van der Waals surface area contributed by atoms with Gasteiger partial charge in [0.15, 0.2) is 11.9 Å². The molecule has 1 heterocycles. The van der Waals surface area contributed by atoms with Crippen molar-refractivity contribution in [3.63, 3.8) is 0 Å². The van der Waals surface area contributed by atoms with Gasteiger partial charge in [0, 0.05) is 26.7 Å². The number of rotatable bonds is 7. The van der Waals surface area contributed by atoms with Crippen molar-refractivity contribution in [1.82, 2.24) is 14.3 Å². The average Bonchev–Trinajstić information content (AvgIpc) is 3.14. The summed E-state index contributed by atoms with van der Waals surface area (Å²) in [7, 11) is 0. The van der Waals surface area contributed by atoms with Gasteiger partial charge in [-0.3, -0.25) is 9.36 Å². The largest absolute Gasteiger partial charge is 0.416 e. The van der Waals surface area contributed by atoms with E-state index >= 15 is 0 Å². The molecule has 0 fully saturated rings. The molecule has 0 aliphatic rings. The molecule has 7 nitrogen and oxygen atoms in total. The van der Waals surface area contributed by atoms with Crippen molar-refractivity contribution in [1.29, 1.82) is 0 Å². The van der Waals surface area contributed by atoms with Crippen LogP contribution < -0.4 is 11.4 Å². The van der Waals surface area contributed by atoms with Crippen LogP contribution in [0.4, 0.5) is 13.2 Å². The molecular formula is C25H19Cl2F3N4O3. The minimum atomic E-state index is -4.95. The van der Waals surface area contributed by atoms with Crippen LogP contribution in [0.3, 0.4) is 0 Å². The lowest BCUT2D eigenvalue weighted by molar-refractivity contribution is -0.207. The summed E-state index contributed by atoms with van der Waals surface area (Å²) in [5.41, 5.74) is 6.66. The van der Waals surface area contributed by atoms with Crippen LogP contribution >= 0.6 is 23.2 Å². The molecule has 3 N–H and O–H groups in total. The zero-order valence-electron chi connectivity index (χ0n) is 18.9. The fraction of sp³-hybridized carbons (Fsp3) is 0.160. The van der Waals surface area contributed by atoms with Gasteiger partial charge in [-0.1, -0.05) is 41.4 Å². The summed E-state index contributed by atoms with van der Waals surface area (Å²) in [6.07, 6.45) is -7.74. The molecule has 37 heavy (non-hydrogen) atoms. The van der Waals surface area contributed by atoms with E-state index in [9.17, 15) is 27.9 Å². The Kier molecular flexibility index (Phi) is 7.44. The highest BCUT2D eigenvalue weighted by Crippen LogP contribution is 2.30. The summed E-state index contributed by atoms with van der Waals surface area (Å²) in [5, 5.41) is 14.7. The molecule has 0 saturated heterocycles. The van der Waals surface area contributed by atoms with Gasteiger partial charge >= 0.3 is 11.9 Å². The second-order valence-corrected chi connectivity index (χ2v) is 9.05. The first-order valence-corrected chi connectivity index (χ1v) is 11.6. The summed E-state index contributed by atoms with van der Waals surface area (Å²) in [6.45, 7) is -1.26. The standard InChI is InChI=1S/C25H19Cl2F3N4O3/c26-18-7-5-15(6-8-18)23-32-34(24(37)33(23)13-21(35)25(28,29)30)12-14-9-16(11-17(10-14)22(31)36)19-3-1-2-4-20(19)27/h1-11,21,35H,12-13H2,(H2,31,36)/t21-/m0/s1. The van der Waals surface area contributed by atoms with E-state index in [1.165, 1.54) is 30.3 Å². The second-order valence-electron chi connectivity index (χ2n) is 8.20. The summed E-state index contributed by atoms with van der Waals surface area (Å²) >= 11 is 12.2. The topological polar surface area (TPSA) is 103 Å². The number of halogens is 5. The Labute approximate surface area is 218 Å². The number of aromatic nitrogens is 3. The van der Waals surface area contributed by atoms with Crippen LogP contribution in [0.5, 0.6) is 0 Å². The Morgan fingerprint density at radius 3 is 2.32 bits per heavy atom. The second kappa shape index (κ2) is 10.4. The fourth-order valence-corrected chi connectivity index (χ4v) is 4.12. The molecule has 1 atom stereocenters. The van der Waals surface area contributed by atoms with Gasteiger partial charge in [-0.25, -0.2) is 9.48 Å². The van der Waals surface area contributed by atoms with Gasteiger partial charge in [-0.2, -0.15) is 13.2 Å². The van der Waals surface area contributed by atoms with E-state index in [2.05, 4.69) is 5.10 Å². The van der Waals surface area contributed by atoms with Crippen LogP contribution in [-0.2, 0) is 13.1 Å². The number of alkyl halides is 3. The zero-order valence-corrected chi connectivity index (χ0v) is 20.4. The molecule has 1 amide bonds. The Bertz CT molecular complexity index is 1520. The van der Waals surface area contributed by atoms with Gasteiger partial charge < -0.3 is 10.8 Å². The molecule has 4 rings (SSSR count). The highest BCUT2D eigenvalue weighted by Gasteiger charge is 2.39. The molecule has 0 radical (unpaired) electrons. The van der Waals surface area contributed by atoms with Gasteiger partial charge in [0.25, 0.3) is 0 Å². The number of carbonyl (C=O) groups excluding carboxylic acids is 1. The van der Waals surface area contributed by atoms with Crippen LogP contribution in [-0.4, -0.2) is 37.6 Å². The van der Waals surface area contributed by atoms with Gasteiger partial charge in [0.1, 0.15) is 0 Å². The van der Waals surface area contributed by atoms with Crippen molar-refractivity contribution in [3.05, 3.63) is 98.4 Å². The summed E-state index contributed by atoms with van der Waals surface area (Å²) in [6, 6.07) is 17.6. The number of primary amides is 1. The van der Waals surface area contributed by atoms with Crippen LogP contribution in [0.1, 0.15) is 15.9 Å². The maximum absolute atomic E-state index is 13.2.